The summed E-state index contributed by atoms with van der Waals surface area (Å²) in [5.41, 5.74) is 3.06. The van der Waals surface area contributed by atoms with Gasteiger partial charge in [0.25, 0.3) is 0 Å². The Bertz CT molecular complexity index is 545. The molecule has 1 aromatic rings. The lowest BCUT2D eigenvalue weighted by Gasteiger charge is -2.34. The third-order valence-electron chi connectivity index (χ3n) is 3.51. The number of carbonyl (C=O) groups is 2. The highest BCUT2D eigenvalue weighted by Gasteiger charge is 2.31. The molecule has 1 radical (unpaired) electrons. The molecule has 0 spiro atoms. The van der Waals surface area contributed by atoms with Crippen LogP contribution in [0.1, 0.15) is 0 Å². The summed E-state index contributed by atoms with van der Waals surface area (Å²) in [6.45, 7) is 2.14. The number of hydrogen-bond donors (Lipinski definition) is 2. The molecule has 0 bridgehead atoms. The van der Waals surface area contributed by atoms with Crippen molar-refractivity contribution in [2.45, 2.75) is 0 Å². The van der Waals surface area contributed by atoms with Crippen LogP contribution >= 0.6 is 0 Å². The van der Waals surface area contributed by atoms with Crippen LogP contribution in [0.2, 0.25) is 0 Å². The number of hydrazine groups is 1. The summed E-state index contributed by atoms with van der Waals surface area (Å²) in [5, 5.41) is 4.20. The Hall–Kier alpha value is -2.45. The van der Waals surface area contributed by atoms with E-state index in [9.17, 15) is 14.4 Å². The van der Waals surface area contributed by atoms with E-state index >= 15 is 0 Å². The Morgan fingerprint density at radius 1 is 1.26 bits per heavy atom. The van der Waals surface area contributed by atoms with E-state index in [4.69, 9.17) is 0 Å². The molecule has 1 aromatic carbocycles. The normalized spacial score (nSPS) is 14.2. The standard InChI is InChI=1S/C15H20N5O3/c1-16-19(11-12-21)15(23)20(13-5-3-2-4-6-13)14(22)18-9-7-17-8-10-18/h2-6,16-17H,7-11H2,1H3. The summed E-state index contributed by atoms with van der Waals surface area (Å²) in [6, 6.07) is 7.62. The van der Waals surface area contributed by atoms with E-state index in [-0.39, 0.29) is 6.54 Å². The predicted octanol–water partition coefficient (Wildman–Crippen LogP) is 0.184. The van der Waals surface area contributed by atoms with E-state index in [1.807, 2.05) is 0 Å². The number of rotatable bonds is 4. The molecule has 1 saturated heterocycles. The zero-order valence-electron chi connectivity index (χ0n) is 13.0. The number of benzene rings is 1. The Morgan fingerprint density at radius 3 is 2.48 bits per heavy atom. The van der Waals surface area contributed by atoms with E-state index < -0.39 is 12.1 Å². The third kappa shape index (κ3) is 4.05. The Morgan fingerprint density at radius 2 is 1.91 bits per heavy atom. The fourth-order valence-corrected chi connectivity index (χ4v) is 2.30. The smallest absolute Gasteiger partial charge is 0.321 e. The molecule has 8 nitrogen and oxygen atoms in total. The first-order chi connectivity index (χ1) is 11.2. The van der Waals surface area contributed by atoms with Gasteiger partial charge in [-0.05, 0) is 12.1 Å². The Labute approximate surface area is 135 Å². The SMILES string of the molecule is CNN(C[C]=O)C(=O)N(C(=O)N1CCNCC1)c1ccccc1. The van der Waals surface area contributed by atoms with Crippen LogP contribution in [0.25, 0.3) is 0 Å². The van der Waals surface area contributed by atoms with E-state index in [0.717, 1.165) is 9.91 Å². The van der Waals surface area contributed by atoms with Crippen LogP contribution in [0.4, 0.5) is 15.3 Å². The third-order valence-corrected chi connectivity index (χ3v) is 3.51. The topological polar surface area (TPSA) is 85.0 Å². The summed E-state index contributed by atoms with van der Waals surface area (Å²) < 4.78 is 0. The van der Waals surface area contributed by atoms with Gasteiger partial charge in [-0.25, -0.2) is 19.9 Å². The minimum atomic E-state index is -0.620. The van der Waals surface area contributed by atoms with Crippen molar-refractivity contribution in [3.05, 3.63) is 30.3 Å². The van der Waals surface area contributed by atoms with Gasteiger partial charge in [-0.15, -0.1) is 0 Å². The average Bonchev–Trinajstić information content (AvgIpc) is 2.61. The number of imide groups is 1. The van der Waals surface area contributed by atoms with Crippen molar-refractivity contribution >= 4 is 24.0 Å². The quantitative estimate of drug-likeness (QED) is 0.774. The van der Waals surface area contributed by atoms with Crippen LogP contribution in [0.3, 0.4) is 0 Å². The van der Waals surface area contributed by atoms with Crippen LogP contribution < -0.4 is 15.6 Å². The molecule has 2 N–H and O–H groups in total. The molecule has 4 amide bonds. The van der Waals surface area contributed by atoms with Crippen molar-refractivity contribution in [1.29, 1.82) is 0 Å². The Kier molecular flexibility index (Phi) is 6.07. The van der Waals surface area contributed by atoms with Crippen LogP contribution in [-0.2, 0) is 4.79 Å². The fourth-order valence-electron chi connectivity index (χ4n) is 2.30. The summed E-state index contributed by atoms with van der Waals surface area (Å²) in [7, 11) is 1.51. The van der Waals surface area contributed by atoms with Crippen molar-refractivity contribution in [3.8, 4) is 0 Å². The molecule has 0 saturated carbocycles. The van der Waals surface area contributed by atoms with Gasteiger partial charge in [-0.1, -0.05) is 18.2 Å². The number of anilines is 1. The molecule has 23 heavy (non-hydrogen) atoms. The summed E-state index contributed by atoms with van der Waals surface area (Å²) in [5.74, 6) is 0. The first-order valence-corrected chi connectivity index (χ1v) is 7.37. The molecule has 1 aliphatic heterocycles. The van der Waals surface area contributed by atoms with Gasteiger partial charge in [0.1, 0.15) is 6.54 Å². The highest BCUT2D eigenvalue weighted by molar-refractivity contribution is 6.13. The lowest BCUT2D eigenvalue weighted by Crippen LogP contribution is -2.57. The second-order valence-electron chi connectivity index (χ2n) is 4.93. The number of nitrogens with zero attached hydrogens (tertiary/aromatic N) is 3. The molecule has 1 aliphatic rings. The number of urea groups is 2. The van der Waals surface area contributed by atoms with Crippen molar-refractivity contribution in [2.24, 2.45) is 0 Å². The van der Waals surface area contributed by atoms with Crippen molar-refractivity contribution in [3.63, 3.8) is 0 Å². The van der Waals surface area contributed by atoms with Gasteiger partial charge in [0, 0.05) is 33.2 Å². The molecule has 8 heteroatoms. The lowest BCUT2D eigenvalue weighted by atomic mass is 10.3. The van der Waals surface area contributed by atoms with Gasteiger partial charge in [0.05, 0.1) is 5.69 Å². The van der Waals surface area contributed by atoms with Crippen molar-refractivity contribution in [2.75, 3.05) is 44.7 Å². The van der Waals surface area contributed by atoms with E-state index in [0.29, 0.717) is 31.9 Å². The molecule has 0 atom stereocenters. The number of piperazine rings is 1. The van der Waals surface area contributed by atoms with Crippen LogP contribution in [0.15, 0.2) is 30.3 Å². The van der Waals surface area contributed by atoms with Gasteiger partial charge >= 0.3 is 12.1 Å². The second kappa shape index (κ2) is 8.25. The maximum Gasteiger partial charge on any atom is 0.347 e. The molecule has 0 aliphatic carbocycles. The number of para-hydroxylation sites is 1. The molecular formula is C15H20N5O3. The predicted molar refractivity (Wildman–Crippen MR) is 85.6 cm³/mol. The first kappa shape index (κ1) is 16.9. The minimum Gasteiger partial charge on any atom is -0.321 e. The molecule has 1 heterocycles. The van der Waals surface area contributed by atoms with Crippen LogP contribution in [0, 0.1) is 0 Å². The van der Waals surface area contributed by atoms with E-state index in [1.54, 1.807) is 41.5 Å². The average molecular weight is 318 g/mol. The largest absolute Gasteiger partial charge is 0.347 e. The number of nitrogens with one attached hydrogen (secondary N) is 2. The zero-order chi connectivity index (χ0) is 16.7. The van der Waals surface area contributed by atoms with Crippen molar-refractivity contribution < 1.29 is 14.4 Å². The summed E-state index contributed by atoms with van der Waals surface area (Å²) in [4.78, 5) is 38.8. The monoisotopic (exact) mass is 318 g/mol. The van der Waals surface area contributed by atoms with Gasteiger partial charge in [-0.3, -0.25) is 9.80 Å². The van der Waals surface area contributed by atoms with Gasteiger partial charge in [0.2, 0.25) is 6.29 Å². The highest BCUT2D eigenvalue weighted by atomic mass is 16.2. The molecule has 0 aromatic heterocycles. The molecule has 123 valence electrons. The Balaban J connectivity index is 2.29. The van der Waals surface area contributed by atoms with Gasteiger partial charge in [-0.2, -0.15) is 0 Å². The number of hydrogen-bond acceptors (Lipinski definition) is 5. The minimum absolute atomic E-state index is 0.270. The van der Waals surface area contributed by atoms with E-state index in [2.05, 4.69) is 10.7 Å². The first-order valence-electron chi connectivity index (χ1n) is 7.37. The highest BCUT2D eigenvalue weighted by Crippen LogP contribution is 2.17. The van der Waals surface area contributed by atoms with Gasteiger partial charge in [0.15, 0.2) is 0 Å². The maximum atomic E-state index is 12.8. The fraction of sp³-hybridized carbons (Fsp3) is 0.400. The number of carbonyl (C=O) groups excluding carboxylic acids is 3. The van der Waals surface area contributed by atoms with Crippen LogP contribution in [0.5, 0.6) is 0 Å². The van der Waals surface area contributed by atoms with Crippen molar-refractivity contribution in [1.82, 2.24) is 20.7 Å². The molecule has 1 fully saturated rings. The zero-order valence-corrected chi connectivity index (χ0v) is 13.0. The van der Waals surface area contributed by atoms with Gasteiger partial charge < -0.3 is 10.2 Å². The van der Waals surface area contributed by atoms with Crippen LogP contribution in [-0.4, -0.2) is 68.0 Å². The second-order valence-corrected chi connectivity index (χ2v) is 4.93. The summed E-state index contributed by atoms with van der Waals surface area (Å²) >= 11 is 0. The lowest BCUT2D eigenvalue weighted by molar-refractivity contribution is 0.179. The molecule has 2 rings (SSSR count). The summed E-state index contributed by atoms with van der Waals surface area (Å²) in [6.07, 6.45) is 1.66. The van der Waals surface area contributed by atoms with E-state index in [1.165, 1.54) is 7.05 Å². The maximum absolute atomic E-state index is 12.8. The molecule has 0 unspecified atom stereocenters. The number of amides is 4. The molecular weight excluding hydrogens is 298 g/mol.